The van der Waals surface area contributed by atoms with E-state index in [0.29, 0.717) is 13.2 Å². The highest BCUT2D eigenvalue weighted by Crippen LogP contribution is 2.19. The lowest BCUT2D eigenvalue weighted by Gasteiger charge is -2.15. The number of hydrogen-bond donors (Lipinski definition) is 1. The number of aryl methyl sites for hydroxylation is 1. The molecule has 0 bridgehead atoms. The molecular weight excluding hydrogens is 222 g/mol. The number of carbonyl (C=O) groups excluding carboxylic acids is 1. The monoisotopic (exact) mass is 239 g/mol. The Morgan fingerprint density at radius 1 is 1.50 bits per heavy atom. The van der Waals surface area contributed by atoms with Crippen LogP contribution in [0.15, 0.2) is 18.2 Å². The first-order chi connectivity index (χ1) is 7.54. The lowest BCUT2D eigenvalue weighted by atomic mass is 10.1. The van der Waals surface area contributed by atoms with E-state index in [1.54, 1.807) is 11.9 Å². The normalized spacial score (nSPS) is 10.0. The van der Waals surface area contributed by atoms with Gasteiger partial charge >= 0.3 is 0 Å². The second kappa shape index (κ2) is 5.80. The predicted molar refractivity (Wildman–Crippen MR) is 68.2 cm³/mol. The van der Waals surface area contributed by atoms with Gasteiger partial charge in [-0.3, -0.25) is 4.79 Å². The van der Waals surface area contributed by atoms with E-state index in [0.717, 1.165) is 16.9 Å². The van der Waals surface area contributed by atoms with Crippen LogP contribution in [-0.4, -0.2) is 23.8 Å². The second-order valence-electron chi connectivity index (χ2n) is 3.67. The number of ether oxygens (including phenoxy) is 1. The van der Waals surface area contributed by atoms with E-state index in [-0.39, 0.29) is 5.24 Å². The largest absolute Gasteiger partial charge is 0.494 e. The number of carbonyl (C=O) groups is 1. The Balaban J connectivity index is 2.77. The summed E-state index contributed by atoms with van der Waals surface area (Å²) in [6, 6.07) is 5.93. The minimum Gasteiger partial charge on any atom is -0.494 e. The summed E-state index contributed by atoms with van der Waals surface area (Å²) in [6.45, 7) is 5.18. The molecule has 1 aromatic carbocycles. The number of amides is 1. The molecule has 16 heavy (non-hydrogen) atoms. The molecule has 4 heteroatoms. The molecule has 0 N–H and O–H groups in total. The first-order valence-corrected chi connectivity index (χ1v) is 5.65. The van der Waals surface area contributed by atoms with Crippen LogP contribution in [0.3, 0.4) is 0 Å². The number of thiol groups is 1. The van der Waals surface area contributed by atoms with Crippen molar-refractivity contribution in [1.82, 2.24) is 4.90 Å². The standard InChI is InChI=1S/C12H17NO2S/c1-4-15-11-6-5-10(7-9(11)2)8-13(3)12(14)16/h5-7H,4,8H2,1-3H3,(H,14,16). The maximum Gasteiger partial charge on any atom is 0.278 e. The average Bonchev–Trinajstić information content (AvgIpc) is 2.22. The molecule has 0 unspecified atom stereocenters. The van der Waals surface area contributed by atoms with E-state index < -0.39 is 0 Å². The highest BCUT2D eigenvalue weighted by Gasteiger charge is 2.06. The molecule has 0 aliphatic rings. The lowest BCUT2D eigenvalue weighted by molar-refractivity contribution is 0.232. The third kappa shape index (κ3) is 3.45. The van der Waals surface area contributed by atoms with Gasteiger partial charge in [-0.25, -0.2) is 0 Å². The summed E-state index contributed by atoms with van der Waals surface area (Å²) in [5.41, 5.74) is 2.16. The highest BCUT2D eigenvalue weighted by molar-refractivity contribution is 7.96. The summed E-state index contributed by atoms with van der Waals surface area (Å²) in [5, 5.41) is -0.230. The first-order valence-electron chi connectivity index (χ1n) is 5.21. The zero-order valence-corrected chi connectivity index (χ0v) is 10.8. The van der Waals surface area contributed by atoms with Crippen LogP contribution in [0.4, 0.5) is 4.79 Å². The zero-order valence-electron chi connectivity index (χ0n) is 9.86. The summed E-state index contributed by atoms with van der Waals surface area (Å²) in [6.07, 6.45) is 0. The minimum atomic E-state index is -0.230. The van der Waals surface area contributed by atoms with Gasteiger partial charge in [0, 0.05) is 13.6 Å². The van der Waals surface area contributed by atoms with Crippen molar-refractivity contribution in [2.45, 2.75) is 20.4 Å². The molecule has 1 aromatic rings. The summed E-state index contributed by atoms with van der Waals surface area (Å²) in [5.74, 6) is 0.895. The van der Waals surface area contributed by atoms with Crippen LogP contribution in [0, 0.1) is 6.92 Å². The average molecular weight is 239 g/mol. The van der Waals surface area contributed by atoms with Gasteiger partial charge in [-0.1, -0.05) is 24.8 Å². The zero-order chi connectivity index (χ0) is 12.1. The summed E-state index contributed by atoms with van der Waals surface area (Å²) in [4.78, 5) is 12.5. The summed E-state index contributed by atoms with van der Waals surface area (Å²) < 4.78 is 5.45. The SMILES string of the molecule is CCOc1ccc(CN(C)C(=O)S)cc1C. The van der Waals surface area contributed by atoms with Crippen LogP contribution in [0.25, 0.3) is 0 Å². The third-order valence-electron chi connectivity index (χ3n) is 2.29. The van der Waals surface area contributed by atoms with Crippen LogP contribution in [0.2, 0.25) is 0 Å². The predicted octanol–water partition coefficient (Wildman–Crippen LogP) is 2.88. The van der Waals surface area contributed by atoms with E-state index in [4.69, 9.17) is 4.74 Å². The Bertz CT molecular complexity index is 379. The van der Waals surface area contributed by atoms with Crippen molar-refractivity contribution in [3.05, 3.63) is 29.3 Å². The fourth-order valence-corrected chi connectivity index (χ4v) is 1.54. The molecule has 0 aliphatic heterocycles. The molecule has 1 amide bonds. The molecule has 0 fully saturated rings. The van der Waals surface area contributed by atoms with E-state index in [2.05, 4.69) is 12.6 Å². The number of rotatable bonds is 4. The van der Waals surface area contributed by atoms with Crippen molar-refractivity contribution < 1.29 is 9.53 Å². The van der Waals surface area contributed by atoms with Gasteiger partial charge in [0.05, 0.1) is 6.61 Å². The van der Waals surface area contributed by atoms with Crippen LogP contribution < -0.4 is 4.74 Å². The molecule has 1 rings (SSSR count). The Morgan fingerprint density at radius 3 is 2.69 bits per heavy atom. The van der Waals surface area contributed by atoms with Gasteiger partial charge in [0.25, 0.3) is 5.24 Å². The molecule has 0 aromatic heterocycles. The third-order valence-corrected chi connectivity index (χ3v) is 2.63. The smallest absolute Gasteiger partial charge is 0.278 e. The van der Waals surface area contributed by atoms with E-state index >= 15 is 0 Å². The van der Waals surface area contributed by atoms with Crippen molar-refractivity contribution in [1.29, 1.82) is 0 Å². The molecule has 0 aliphatic carbocycles. The minimum absolute atomic E-state index is 0.230. The molecule has 3 nitrogen and oxygen atoms in total. The molecule has 0 saturated carbocycles. The highest BCUT2D eigenvalue weighted by atomic mass is 32.1. The topological polar surface area (TPSA) is 29.5 Å². The van der Waals surface area contributed by atoms with Crippen molar-refractivity contribution in [3.63, 3.8) is 0 Å². The fraction of sp³-hybridized carbons (Fsp3) is 0.417. The van der Waals surface area contributed by atoms with Gasteiger partial charge in [0.15, 0.2) is 0 Å². The van der Waals surface area contributed by atoms with E-state index in [1.807, 2.05) is 32.0 Å². The Labute approximate surface area is 102 Å². The summed E-state index contributed by atoms with van der Waals surface area (Å²) >= 11 is 3.77. The number of hydrogen-bond acceptors (Lipinski definition) is 2. The van der Waals surface area contributed by atoms with Crippen molar-refractivity contribution in [2.24, 2.45) is 0 Å². The Kier molecular flexibility index (Phi) is 4.68. The molecule has 0 spiro atoms. The van der Waals surface area contributed by atoms with Gasteiger partial charge in [-0.15, -0.1) is 0 Å². The fourth-order valence-electron chi connectivity index (χ4n) is 1.47. The number of benzene rings is 1. The molecule has 0 atom stereocenters. The molecule has 0 radical (unpaired) electrons. The van der Waals surface area contributed by atoms with Gasteiger partial charge < -0.3 is 9.64 Å². The van der Waals surface area contributed by atoms with Gasteiger partial charge in [0.2, 0.25) is 0 Å². The first kappa shape index (κ1) is 12.9. The second-order valence-corrected chi connectivity index (χ2v) is 4.05. The lowest BCUT2D eigenvalue weighted by Crippen LogP contribution is -2.20. The Morgan fingerprint density at radius 2 is 2.19 bits per heavy atom. The van der Waals surface area contributed by atoms with Crippen molar-refractivity contribution in [2.75, 3.05) is 13.7 Å². The van der Waals surface area contributed by atoms with E-state index in [1.165, 1.54) is 0 Å². The van der Waals surface area contributed by atoms with E-state index in [9.17, 15) is 4.79 Å². The Hall–Kier alpha value is -1.16. The van der Waals surface area contributed by atoms with Crippen LogP contribution >= 0.6 is 12.6 Å². The van der Waals surface area contributed by atoms with Gasteiger partial charge in [0.1, 0.15) is 5.75 Å². The van der Waals surface area contributed by atoms with Crippen LogP contribution in [0.1, 0.15) is 18.1 Å². The quantitative estimate of drug-likeness (QED) is 0.819. The maximum absolute atomic E-state index is 11.0. The molecular formula is C12H17NO2S. The van der Waals surface area contributed by atoms with Gasteiger partial charge in [-0.05, 0) is 31.0 Å². The molecule has 88 valence electrons. The maximum atomic E-state index is 11.0. The van der Waals surface area contributed by atoms with Crippen molar-refractivity contribution in [3.8, 4) is 5.75 Å². The molecule has 0 heterocycles. The molecule has 0 saturated heterocycles. The van der Waals surface area contributed by atoms with Gasteiger partial charge in [-0.2, -0.15) is 0 Å². The summed E-state index contributed by atoms with van der Waals surface area (Å²) in [7, 11) is 1.72. The van der Waals surface area contributed by atoms with Crippen LogP contribution in [-0.2, 0) is 6.54 Å². The number of nitrogens with zero attached hydrogens (tertiary/aromatic N) is 1. The van der Waals surface area contributed by atoms with Crippen LogP contribution in [0.5, 0.6) is 5.75 Å². The van der Waals surface area contributed by atoms with Crippen molar-refractivity contribution >= 4 is 17.9 Å².